The highest BCUT2D eigenvalue weighted by Crippen LogP contribution is 2.37. The van der Waals surface area contributed by atoms with Gasteiger partial charge in [0.2, 0.25) is 11.8 Å². The van der Waals surface area contributed by atoms with E-state index in [1.165, 1.54) is 23.4 Å². The number of nitriles is 1. The molecule has 2 unspecified atom stereocenters. The minimum atomic E-state index is -1.54. The summed E-state index contributed by atoms with van der Waals surface area (Å²) >= 11 is 13.7. The van der Waals surface area contributed by atoms with Crippen LogP contribution < -0.4 is 9.47 Å². The van der Waals surface area contributed by atoms with Crippen molar-refractivity contribution in [1.82, 2.24) is 9.27 Å². The maximum atomic E-state index is 12.8. The van der Waals surface area contributed by atoms with Crippen LogP contribution in [-0.4, -0.2) is 38.1 Å². The predicted molar refractivity (Wildman–Crippen MR) is 113 cm³/mol. The van der Waals surface area contributed by atoms with E-state index in [1.807, 2.05) is 0 Å². The summed E-state index contributed by atoms with van der Waals surface area (Å²) < 4.78 is 13.8. The average Bonchev–Trinajstić information content (AvgIpc) is 3.22. The molecule has 1 amide bonds. The van der Waals surface area contributed by atoms with Gasteiger partial charge in [-0.3, -0.25) is 9.59 Å². The summed E-state index contributed by atoms with van der Waals surface area (Å²) in [6.07, 6.45) is 0.841. The van der Waals surface area contributed by atoms with E-state index in [0.717, 1.165) is 6.42 Å². The maximum Gasteiger partial charge on any atom is 0.250 e. The summed E-state index contributed by atoms with van der Waals surface area (Å²) in [5.74, 6) is -1.45. The molecule has 2 heterocycles. The van der Waals surface area contributed by atoms with Crippen LogP contribution in [0.3, 0.4) is 0 Å². The van der Waals surface area contributed by atoms with Crippen molar-refractivity contribution in [3.63, 3.8) is 0 Å². The number of alkyl halides is 2. The second-order valence-electron chi connectivity index (χ2n) is 6.75. The largest absolute Gasteiger partial charge is 0.483 e. The lowest BCUT2D eigenvalue weighted by Gasteiger charge is -2.39. The number of carbonyl (C=O) groups is 2. The lowest BCUT2D eigenvalue weighted by Crippen LogP contribution is -2.52. The minimum Gasteiger partial charge on any atom is -0.483 e. The molecule has 0 N–H and O–H groups in total. The molecular weight excluding hydrogens is 449 g/mol. The van der Waals surface area contributed by atoms with Crippen LogP contribution in [0, 0.1) is 17.2 Å². The molecule has 0 radical (unpaired) electrons. The molecule has 2 atom stereocenters. The van der Waals surface area contributed by atoms with Crippen LogP contribution >= 0.6 is 34.7 Å². The molecule has 1 fully saturated rings. The summed E-state index contributed by atoms with van der Waals surface area (Å²) in [6, 6.07) is 10.1. The van der Waals surface area contributed by atoms with Crippen molar-refractivity contribution in [3.8, 4) is 23.4 Å². The van der Waals surface area contributed by atoms with Crippen LogP contribution in [0.1, 0.15) is 26.2 Å². The van der Waals surface area contributed by atoms with E-state index >= 15 is 0 Å². The maximum absolute atomic E-state index is 12.8. The van der Waals surface area contributed by atoms with Gasteiger partial charge < -0.3 is 14.4 Å². The van der Waals surface area contributed by atoms with Gasteiger partial charge in [0, 0.05) is 18.0 Å². The second kappa shape index (κ2) is 9.65. The van der Waals surface area contributed by atoms with Crippen molar-refractivity contribution in [2.45, 2.75) is 36.7 Å². The summed E-state index contributed by atoms with van der Waals surface area (Å²) in [5, 5.41) is 11.3. The molecule has 1 saturated heterocycles. The summed E-state index contributed by atoms with van der Waals surface area (Å²) in [7, 11) is 0. The van der Waals surface area contributed by atoms with Gasteiger partial charge in [-0.05, 0) is 62.0 Å². The minimum absolute atomic E-state index is 0.299. The number of carbonyl (C=O) groups excluding carboxylic acids is 2. The number of nitrogens with zero attached hydrogens (tertiary/aromatic N) is 3. The van der Waals surface area contributed by atoms with E-state index in [4.69, 9.17) is 32.7 Å². The molecule has 0 aliphatic carbocycles. The van der Waals surface area contributed by atoms with Crippen molar-refractivity contribution in [3.05, 3.63) is 35.7 Å². The van der Waals surface area contributed by atoms with Gasteiger partial charge in [0.25, 0.3) is 0 Å². The molecule has 0 spiro atoms. The van der Waals surface area contributed by atoms with Gasteiger partial charge in [-0.15, -0.1) is 0 Å². The highest BCUT2D eigenvalue weighted by atomic mass is 35.5. The van der Waals surface area contributed by atoms with Gasteiger partial charge in [0.05, 0.1) is 6.07 Å². The van der Waals surface area contributed by atoms with E-state index in [2.05, 4.69) is 4.37 Å². The second-order valence-corrected chi connectivity index (χ2v) is 8.86. The number of hydrogen-bond donors (Lipinski definition) is 0. The van der Waals surface area contributed by atoms with Crippen molar-refractivity contribution in [2.75, 3.05) is 6.54 Å². The van der Waals surface area contributed by atoms with Gasteiger partial charge in [-0.2, -0.15) is 9.64 Å². The number of amides is 1. The molecule has 2 aromatic rings. The number of Topliss-reactive ketones (excluding diaryl/α,β-unsaturated/α-hetero) is 1. The van der Waals surface area contributed by atoms with Crippen LogP contribution in [0.4, 0.5) is 0 Å². The fraction of sp³-hybridized carbons (Fsp3) is 0.400. The number of halogens is 2. The standard InChI is InChI=1S/C20H19Cl2N3O4S/c1-13(28-14-4-6-15(7-5-14)29-17-8-11-30-24-17)18(26)16(12-23)19(27)25-10-3-2-9-20(25,21)22/h4-8,11,13,16H,2-3,9-10H2,1H3. The quantitative estimate of drug-likeness (QED) is 0.336. The van der Waals surface area contributed by atoms with Crippen LogP contribution in [0.2, 0.25) is 0 Å². The molecule has 7 nitrogen and oxygen atoms in total. The van der Waals surface area contributed by atoms with Crippen molar-refractivity contribution in [2.24, 2.45) is 5.92 Å². The fourth-order valence-electron chi connectivity index (χ4n) is 3.03. The Balaban J connectivity index is 1.63. The molecule has 0 saturated carbocycles. The fourth-order valence-corrected chi connectivity index (χ4v) is 4.07. The number of benzene rings is 1. The number of ether oxygens (including phenoxy) is 2. The zero-order valence-electron chi connectivity index (χ0n) is 16.1. The smallest absolute Gasteiger partial charge is 0.250 e. The van der Waals surface area contributed by atoms with E-state index in [-0.39, 0.29) is 0 Å². The number of ketones is 1. The topological polar surface area (TPSA) is 92.5 Å². The third-order valence-electron chi connectivity index (χ3n) is 4.60. The molecule has 1 aliphatic rings. The number of piperidine rings is 1. The van der Waals surface area contributed by atoms with Gasteiger partial charge in [0.15, 0.2) is 22.3 Å². The molecule has 30 heavy (non-hydrogen) atoms. The molecule has 158 valence electrons. The first-order valence-corrected chi connectivity index (χ1v) is 10.9. The van der Waals surface area contributed by atoms with E-state index in [1.54, 1.807) is 41.8 Å². The molecule has 1 aromatic carbocycles. The Morgan fingerprint density at radius 3 is 2.53 bits per heavy atom. The first kappa shape index (κ1) is 22.3. The number of aromatic nitrogens is 1. The van der Waals surface area contributed by atoms with Crippen LogP contribution in [0.25, 0.3) is 0 Å². The molecular formula is C20H19Cl2N3O4S. The van der Waals surface area contributed by atoms with Gasteiger partial charge in [-0.25, -0.2) is 0 Å². The molecule has 3 rings (SSSR count). The number of likely N-dealkylation sites (tertiary alicyclic amines) is 1. The summed E-state index contributed by atoms with van der Waals surface area (Å²) in [4.78, 5) is 26.7. The van der Waals surface area contributed by atoms with E-state index < -0.39 is 28.2 Å². The Morgan fingerprint density at radius 1 is 1.23 bits per heavy atom. The lowest BCUT2D eigenvalue weighted by atomic mass is 9.98. The summed E-state index contributed by atoms with van der Waals surface area (Å²) in [5.41, 5.74) is 0. The van der Waals surface area contributed by atoms with Gasteiger partial charge in [-0.1, -0.05) is 23.2 Å². The highest BCUT2D eigenvalue weighted by molar-refractivity contribution is 7.03. The first-order valence-electron chi connectivity index (χ1n) is 9.29. The lowest BCUT2D eigenvalue weighted by molar-refractivity contribution is -0.143. The Bertz CT molecular complexity index is 929. The van der Waals surface area contributed by atoms with Crippen LogP contribution in [0.5, 0.6) is 17.4 Å². The molecule has 10 heteroatoms. The SMILES string of the molecule is CC(Oc1ccc(Oc2ccsn2)cc1)C(=O)C(C#N)C(=O)N1CCCCC1(Cl)Cl. The first-order chi connectivity index (χ1) is 14.3. The number of rotatable bonds is 7. The van der Waals surface area contributed by atoms with Crippen molar-refractivity contribution < 1.29 is 19.1 Å². The van der Waals surface area contributed by atoms with Gasteiger partial charge in [0.1, 0.15) is 11.5 Å². The average molecular weight is 468 g/mol. The monoisotopic (exact) mass is 467 g/mol. The van der Waals surface area contributed by atoms with Gasteiger partial charge >= 0.3 is 0 Å². The van der Waals surface area contributed by atoms with Crippen LogP contribution in [-0.2, 0) is 9.59 Å². The van der Waals surface area contributed by atoms with Crippen molar-refractivity contribution in [1.29, 1.82) is 5.26 Å². The van der Waals surface area contributed by atoms with Crippen molar-refractivity contribution >= 4 is 46.4 Å². The Morgan fingerprint density at radius 2 is 1.93 bits per heavy atom. The number of hydrogen-bond acceptors (Lipinski definition) is 7. The molecule has 1 aromatic heterocycles. The third-order valence-corrected chi connectivity index (χ3v) is 5.93. The summed E-state index contributed by atoms with van der Waals surface area (Å²) in [6.45, 7) is 1.79. The third kappa shape index (κ3) is 5.22. The highest BCUT2D eigenvalue weighted by Gasteiger charge is 2.43. The Hall–Kier alpha value is -2.34. The zero-order valence-corrected chi connectivity index (χ0v) is 18.4. The molecule has 0 bridgehead atoms. The van der Waals surface area contributed by atoms with E-state index in [9.17, 15) is 14.9 Å². The van der Waals surface area contributed by atoms with Crippen LogP contribution in [0.15, 0.2) is 35.7 Å². The zero-order chi connectivity index (χ0) is 21.7. The predicted octanol–water partition coefficient (Wildman–Crippen LogP) is 4.56. The Kier molecular flexibility index (Phi) is 7.19. The normalized spacial score (nSPS) is 17.5. The van der Waals surface area contributed by atoms with E-state index in [0.29, 0.717) is 36.8 Å². The Labute approximate surface area is 188 Å². The molecule has 1 aliphatic heterocycles.